The average molecular weight is 201 g/mol. The summed E-state index contributed by atoms with van der Waals surface area (Å²) in [7, 11) is 1.35. The van der Waals surface area contributed by atoms with Gasteiger partial charge >= 0.3 is 0 Å². The first-order chi connectivity index (χ1) is 6.15. The SMILES string of the molecule is CONC(=O)c1cnc(C)cc1Cl. The molecule has 1 aromatic heterocycles. The zero-order valence-electron chi connectivity index (χ0n) is 7.30. The van der Waals surface area contributed by atoms with Crippen molar-refractivity contribution in [1.82, 2.24) is 10.5 Å². The highest BCUT2D eigenvalue weighted by molar-refractivity contribution is 6.33. The molecule has 70 valence electrons. The standard InChI is InChI=1S/C8H9ClN2O2/c1-5-3-7(9)6(4-10-5)8(12)11-13-2/h3-4H,1-2H3,(H,11,12). The first kappa shape index (κ1) is 9.95. The summed E-state index contributed by atoms with van der Waals surface area (Å²) in [5, 5.41) is 0.363. The van der Waals surface area contributed by atoms with Gasteiger partial charge in [0.05, 0.1) is 17.7 Å². The van der Waals surface area contributed by atoms with Gasteiger partial charge in [-0.25, -0.2) is 5.48 Å². The lowest BCUT2D eigenvalue weighted by atomic mass is 10.2. The van der Waals surface area contributed by atoms with Gasteiger partial charge in [0.25, 0.3) is 5.91 Å². The topological polar surface area (TPSA) is 51.2 Å². The van der Waals surface area contributed by atoms with Gasteiger partial charge in [-0.05, 0) is 13.0 Å². The molecule has 5 heteroatoms. The predicted molar refractivity (Wildman–Crippen MR) is 48.5 cm³/mol. The molecule has 1 amide bonds. The van der Waals surface area contributed by atoms with E-state index < -0.39 is 5.91 Å². The van der Waals surface area contributed by atoms with Crippen LogP contribution in [0.3, 0.4) is 0 Å². The fourth-order valence-electron chi connectivity index (χ4n) is 0.841. The first-order valence-electron chi connectivity index (χ1n) is 3.60. The second-order valence-corrected chi connectivity index (χ2v) is 2.85. The van der Waals surface area contributed by atoms with Crippen molar-refractivity contribution in [1.29, 1.82) is 0 Å². The van der Waals surface area contributed by atoms with E-state index in [1.54, 1.807) is 13.0 Å². The van der Waals surface area contributed by atoms with Crippen LogP contribution in [0.2, 0.25) is 5.02 Å². The Morgan fingerprint density at radius 3 is 2.92 bits per heavy atom. The molecule has 0 radical (unpaired) electrons. The largest absolute Gasteiger partial charge is 0.277 e. The molecule has 0 bridgehead atoms. The van der Waals surface area contributed by atoms with Gasteiger partial charge < -0.3 is 0 Å². The number of amides is 1. The molecule has 0 aromatic carbocycles. The highest BCUT2D eigenvalue weighted by Gasteiger charge is 2.09. The summed E-state index contributed by atoms with van der Waals surface area (Å²) in [6.07, 6.45) is 1.41. The molecule has 4 nitrogen and oxygen atoms in total. The van der Waals surface area contributed by atoms with Crippen LogP contribution in [-0.2, 0) is 4.84 Å². The first-order valence-corrected chi connectivity index (χ1v) is 3.98. The normalized spacial score (nSPS) is 9.77. The van der Waals surface area contributed by atoms with Crippen LogP contribution < -0.4 is 5.48 Å². The van der Waals surface area contributed by atoms with Crippen LogP contribution in [-0.4, -0.2) is 18.0 Å². The molecule has 0 saturated heterocycles. The summed E-state index contributed by atoms with van der Waals surface area (Å²) in [5.74, 6) is -0.403. The Kier molecular flexibility index (Phi) is 3.22. The minimum absolute atomic E-state index is 0.300. The third-order valence-corrected chi connectivity index (χ3v) is 1.74. The molecule has 1 rings (SSSR count). The number of aromatic nitrogens is 1. The van der Waals surface area contributed by atoms with Crippen LogP contribution in [0.1, 0.15) is 16.1 Å². The molecule has 0 saturated carbocycles. The second kappa shape index (κ2) is 4.20. The maximum Gasteiger partial charge on any atom is 0.277 e. The number of carbonyl (C=O) groups is 1. The van der Waals surface area contributed by atoms with E-state index in [2.05, 4.69) is 15.3 Å². The van der Waals surface area contributed by atoms with Crippen LogP contribution in [0, 0.1) is 6.92 Å². The molecule has 0 aliphatic heterocycles. The van der Waals surface area contributed by atoms with Gasteiger partial charge in [-0.1, -0.05) is 11.6 Å². The minimum atomic E-state index is -0.403. The van der Waals surface area contributed by atoms with E-state index in [-0.39, 0.29) is 0 Å². The molecule has 1 aromatic rings. The number of nitrogens with one attached hydrogen (secondary N) is 1. The molecule has 0 unspecified atom stereocenters. The van der Waals surface area contributed by atoms with Gasteiger partial charge in [-0.3, -0.25) is 14.6 Å². The quantitative estimate of drug-likeness (QED) is 0.733. The lowest BCUT2D eigenvalue weighted by molar-refractivity contribution is 0.0537. The molecule has 0 aliphatic carbocycles. The van der Waals surface area contributed by atoms with Crippen molar-refractivity contribution in [3.05, 3.63) is 28.5 Å². The van der Waals surface area contributed by atoms with Gasteiger partial charge in [0.15, 0.2) is 0 Å². The number of nitrogens with zero attached hydrogens (tertiary/aromatic N) is 1. The lowest BCUT2D eigenvalue weighted by Crippen LogP contribution is -2.22. The van der Waals surface area contributed by atoms with Crippen LogP contribution in [0.4, 0.5) is 0 Å². The summed E-state index contributed by atoms with van der Waals surface area (Å²) in [4.78, 5) is 19.6. The monoisotopic (exact) mass is 200 g/mol. The summed E-state index contributed by atoms with van der Waals surface area (Å²) >= 11 is 5.80. The number of hydroxylamine groups is 1. The molecule has 0 spiro atoms. The van der Waals surface area contributed by atoms with Crippen molar-refractivity contribution >= 4 is 17.5 Å². The maximum atomic E-state index is 11.2. The number of rotatable bonds is 2. The highest BCUT2D eigenvalue weighted by atomic mass is 35.5. The number of halogens is 1. The Bertz CT molecular complexity index is 328. The second-order valence-electron chi connectivity index (χ2n) is 2.44. The Labute approximate surface area is 80.8 Å². The third kappa shape index (κ3) is 2.40. The van der Waals surface area contributed by atoms with Crippen LogP contribution >= 0.6 is 11.6 Å². The van der Waals surface area contributed by atoms with Crippen LogP contribution in [0.5, 0.6) is 0 Å². The Balaban J connectivity index is 2.95. The predicted octanol–water partition coefficient (Wildman–Crippen LogP) is 1.33. The molecule has 13 heavy (non-hydrogen) atoms. The van der Waals surface area contributed by atoms with Gasteiger partial charge in [-0.15, -0.1) is 0 Å². The highest BCUT2D eigenvalue weighted by Crippen LogP contribution is 2.15. The fraction of sp³-hybridized carbons (Fsp3) is 0.250. The van der Waals surface area contributed by atoms with Crippen molar-refractivity contribution in [2.24, 2.45) is 0 Å². The van der Waals surface area contributed by atoms with Gasteiger partial charge in [0.2, 0.25) is 0 Å². The van der Waals surface area contributed by atoms with Crippen molar-refractivity contribution in [2.45, 2.75) is 6.92 Å². The number of carbonyl (C=O) groups excluding carboxylic acids is 1. The Morgan fingerprint density at radius 1 is 1.69 bits per heavy atom. The number of aryl methyl sites for hydroxylation is 1. The van der Waals surface area contributed by atoms with Gasteiger partial charge in [0, 0.05) is 11.9 Å². The molecule has 0 fully saturated rings. The van der Waals surface area contributed by atoms with E-state index in [1.165, 1.54) is 13.3 Å². The number of hydrogen-bond acceptors (Lipinski definition) is 3. The zero-order valence-corrected chi connectivity index (χ0v) is 8.05. The smallest absolute Gasteiger partial charge is 0.277 e. The average Bonchev–Trinajstić information content (AvgIpc) is 2.04. The van der Waals surface area contributed by atoms with E-state index in [1.807, 2.05) is 0 Å². The maximum absolute atomic E-state index is 11.2. The van der Waals surface area contributed by atoms with Crippen molar-refractivity contribution in [2.75, 3.05) is 7.11 Å². The van der Waals surface area contributed by atoms with Crippen LogP contribution in [0.25, 0.3) is 0 Å². The Morgan fingerprint density at radius 2 is 2.38 bits per heavy atom. The fourth-order valence-corrected chi connectivity index (χ4v) is 1.13. The van der Waals surface area contributed by atoms with E-state index in [9.17, 15) is 4.79 Å². The van der Waals surface area contributed by atoms with Gasteiger partial charge in [-0.2, -0.15) is 0 Å². The molecule has 0 aliphatic rings. The van der Waals surface area contributed by atoms with Gasteiger partial charge in [0.1, 0.15) is 0 Å². The molecule has 1 heterocycles. The van der Waals surface area contributed by atoms with E-state index in [0.29, 0.717) is 10.6 Å². The summed E-state index contributed by atoms with van der Waals surface area (Å²) in [6.45, 7) is 1.80. The zero-order chi connectivity index (χ0) is 9.84. The van der Waals surface area contributed by atoms with E-state index >= 15 is 0 Å². The van der Waals surface area contributed by atoms with E-state index in [0.717, 1.165) is 5.69 Å². The molecular weight excluding hydrogens is 192 g/mol. The van der Waals surface area contributed by atoms with Crippen molar-refractivity contribution in [3.63, 3.8) is 0 Å². The van der Waals surface area contributed by atoms with E-state index in [4.69, 9.17) is 11.6 Å². The summed E-state index contributed by atoms with van der Waals surface area (Å²) < 4.78 is 0. The third-order valence-electron chi connectivity index (χ3n) is 1.43. The Hall–Kier alpha value is -1.13. The van der Waals surface area contributed by atoms with Crippen LogP contribution in [0.15, 0.2) is 12.3 Å². The lowest BCUT2D eigenvalue weighted by Gasteiger charge is -2.03. The van der Waals surface area contributed by atoms with Crippen molar-refractivity contribution < 1.29 is 9.63 Å². The summed E-state index contributed by atoms with van der Waals surface area (Å²) in [6, 6.07) is 1.62. The minimum Gasteiger partial charge on any atom is -0.277 e. The molecular formula is C8H9ClN2O2. The van der Waals surface area contributed by atoms with Crippen molar-refractivity contribution in [3.8, 4) is 0 Å². The summed E-state index contributed by atoms with van der Waals surface area (Å²) in [5.41, 5.74) is 3.22. The number of hydrogen-bond donors (Lipinski definition) is 1. The number of pyridine rings is 1. The molecule has 0 atom stereocenters. The molecule has 1 N–H and O–H groups in total.